The molecule has 6 heteroatoms. The van der Waals surface area contributed by atoms with E-state index in [2.05, 4.69) is 106 Å². The van der Waals surface area contributed by atoms with Crippen LogP contribution >= 0.6 is 0 Å². The monoisotopic (exact) mass is 877 g/mol. The van der Waals surface area contributed by atoms with Crippen LogP contribution in [0.25, 0.3) is 0 Å². The van der Waals surface area contributed by atoms with E-state index >= 15 is 0 Å². The Morgan fingerprint density at radius 3 is 1.05 bits per heavy atom. The summed E-state index contributed by atoms with van der Waals surface area (Å²) < 4.78 is 16.8. The van der Waals surface area contributed by atoms with E-state index < -0.39 is 6.10 Å². The Hall–Kier alpha value is -3.41. The van der Waals surface area contributed by atoms with Crippen molar-refractivity contribution in [1.82, 2.24) is 0 Å². The molecule has 63 heavy (non-hydrogen) atoms. The highest BCUT2D eigenvalue weighted by molar-refractivity contribution is 5.71. The Labute approximate surface area is 388 Å². The topological polar surface area (TPSA) is 78.9 Å². The third kappa shape index (κ3) is 49.5. The van der Waals surface area contributed by atoms with Crippen molar-refractivity contribution in [1.29, 1.82) is 0 Å². The molecule has 0 bridgehead atoms. The minimum absolute atomic E-state index is 0.0977. The van der Waals surface area contributed by atoms with Crippen LogP contribution in [0.4, 0.5) is 0 Å². The average molecular weight is 877 g/mol. The van der Waals surface area contributed by atoms with E-state index in [1.165, 1.54) is 89.9 Å². The van der Waals surface area contributed by atoms with Crippen LogP contribution in [0.5, 0.6) is 0 Å². The van der Waals surface area contributed by atoms with Gasteiger partial charge in [-0.3, -0.25) is 14.4 Å². The zero-order valence-electron chi connectivity index (χ0n) is 41.1. The number of rotatable bonds is 46. The summed E-state index contributed by atoms with van der Waals surface area (Å²) in [7, 11) is 0. The van der Waals surface area contributed by atoms with Crippen molar-refractivity contribution < 1.29 is 28.6 Å². The number of allylic oxidation sites excluding steroid dienone is 14. The molecule has 0 spiro atoms. The molecule has 0 heterocycles. The van der Waals surface area contributed by atoms with Gasteiger partial charge in [-0.2, -0.15) is 0 Å². The first-order valence-electron chi connectivity index (χ1n) is 26.1. The fourth-order valence-electron chi connectivity index (χ4n) is 6.93. The van der Waals surface area contributed by atoms with E-state index in [1.807, 2.05) is 0 Å². The van der Waals surface area contributed by atoms with Crippen LogP contribution in [-0.2, 0) is 28.6 Å². The molecule has 0 aliphatic rings. The van der Waals surface area contributed by atoms with Crippen molar-refractivity contribution in [3.63, 3.8) is 0 Å². The van der Waals surface area contributed by atoms with Gasteiger partial charge < -0.3 is 14.2 Å². The second-order valence-corrected chi connectivity index (χ2v) is 17.0. The molecule has 6 nitrogen and oxygen atoms in total. The Morgan fingerprint density at radius 1 is 0.333 bits per heavy atom. The van der Waals surface area contributed by atoms with Gasteiger partial charge in [0.15, 0.2) is 6.10 Å². The number of unbranched alkanes of at least 4 members (excludes halogenated alkanes) is 21. The molecule has 0 amide bonds. The zero-order chi connectivity index (χ0) is 45.8. The number of carbonyl (C=O) groups excluding carboxylic acids is 3. The maximum Gasteiger partial charge on any atom is 0.306 e. The lowest BCUT2D eigenvalue weighted by atomic mass is 10.1. The number of hydrogen-bond donors (Lipinski definition) is 0. The number of hydrogen-bond acceptors (Lipinski definition) is 6. The van der Waals surface area contributed by atoms with E-state index in [9.17, 15) is 14.4 Å². The van der Waals surface area contributed by atoms with Crippen molar-refractivity contribution in [3.8, 4) is 0 Å². The standard InChI is InChI=1S/C57H96O6/c1-4-7-10-13-16-19-22-25-27-28-30-33-35-38-41-44-47-50-56(59)62-53-54(63-57(60)51-48-45-42-39-36-31-24-21-18-15-12-9-6-3)52-61-55(58)49-46-43-40-37-34-32-29-26-23-20-17-14-11-8-5-2/h8,11,16-17,19-21,24-27,29,34,37,54H,4-7,9-10,12-15,18,22-23,28,30-33,35-36,38-53H2,1-3H3/b11-8-,19-16-,20-17-,24-21-,27-25-,29-26-,37-34-/t54-/m1/s1. The highest BCUT2D eigenvalue weighted by atomic mass is 16.6. The molecule has 0 unspecified atom stereocenters. The first kappa shape index (κ1) is 59.6. The summed E-state index contributed by atoms with van der Waals surface area (Å²) in [6.45, 7) is 6.43. The second-order valence-electron chi connectivity index (χ2n) is 17.0. The molecular formula is C57H96O6. The fraction of sp³-hybridized carbons (Fsp3) is 0.702. The first-order chi connectivity index (χ1) is 31.0. The van der Waals surface area contributed by atoms with Crippen molar-refractivity contribution in [3.05, 3.63) is 85.1 Å². The van der Waals surface area contributed by atoms with Crippen LogP contribution in [0.2, 0.25) is 0 Å². The van der Waals surface area contributed by atoms with Crippen LogP contribution < -0.4 is 0 Å². The normalized spacial score (nSPS) is 12.7. The summed E-state index contributed by atoms with van der Waals surface area (Å²) >= 11 is 0. The van der Waals surface area contributed by atoms with Gasteiger partial charge in [-0.05, 0) is 116 Å². The molecule has 0 aliphatic carbocycles. The first-order valence-corrected chi connectivity index (χ1v) is 26.1. The van der Waals surface area contributed by atoms with Crippen LogP contribution in [0.1, 0.15) is 239 Å². The van der Waals surface area contributed by atoms with Gasteiger partial charge in [0, 0.05) is 19.3 Å². The summed E-state index contributed by atoms with van der Waals surface area (Å²) in [5, 5.41) is 0. The Balaban J connectivity index is 4.46. The molecule has 0 saturated carbocycles. The molecule has 0 radical (unpaired) electrons. The zero-order valence-corrected chi connectivity index (χ0v) is 41.1. The lowest BCUT2D eigenvalue weighted by molar-refractivity contribution is -0.167. The van der Waals surface area contributed by atoms with Gasteiger partial charge >= 0.3 is 17.9 Å². The molecule has 0 fully saturated rings. The summed E-state index contributed by atoms with van der Waals surface area (Å²) in [4.78, 5) is 38.0. The summed E-state index contributed by atoms with van der Waals surface area (Å²) in [6.07, 6.45) is 65.6. The van der Waals surface area contributed by atoms with E-state index in [0.717, 1.165) is 109 Å². The van der Waals surface area contributed by atoms with Gasteiger partial charge in [0.1, 0.15) is 13.2 Å². The lowest BCUT2D eigenvalue weighted by Crippen LogP contribution is -2.30. The Morgan fingerprint density at radius 2 is 0.619 bits per heavy atom. The molecule has 0 saturated heterocycles. The number of ether oxygens (including phenoxy) is 3. The summed E-state index contributed by atoms with van der Waals surface area (Å²) in [5.74, 6) is -0.958. The van der Waals surface area contributed by atoms with Crippen LogP contribution in [-0.4, -0.2) is 37.2 Å². The van der Waals surface area contributed by atoms with Crippen molar-refractivity contribution in [2.45, 2.75) is 245 Å². The maximum absolute atomic E-state index is 12.8. The molecule has 0 aliphatic heterocycles. The van der Waals surface area contributed by atoms with Crippen molar-refractivity contribution in [2.24, 2.45) is 0 Å². The van der Waals surface area contributed by atoms with Gasteiger partial charge in [0.25, 0.3) is 0 Å². The van der Waals surface area contributed by atoms with Crippen LogP contribution in [0.15, 0.2) is 85.1 Å². The Bertz CT molecular complexity index is 1240. The summed E-state index contributed by atoms with van der Waals surface area (Å²) in [5.41, 5.74) is 0. The Kier molecular flexibility index (Phi) is 48.5. The molecule has 0 aromatic rings. The maximum atomic E-state index is 12.8. The molecule has 1 atom stereocenters. The van der Waals surface area contributed by atoms with Crippen LogP contribution in [0, 0.1) is 0 Å². The average Bonchev–Trinajstić information content (AvgIpc) is 3.28. The third-order valence-corrected chi connectivity index (χ3v) is 10.9. The van der Waals surface area contributed by atoms with E-state index in [0.29, 0.717) is 19.3 Å². The number of carbonyl (C=O) groups is 3. The van der Waals surface area contributed by atoms with Crippen molar-refractivity contribution >= 4 is 17.9 Å². The fourth-order valence-corrected chi connectivity index (χ4v) is 6.93. The molecule has 0 aromatic carbocycles. The largest absolute Gasteiger partial charge is 0.462 e. The van der Waals surface area contributed by atoms with Gasteiger partial charge in [-0.15, -0.1) is 0 Å². The van der Waals surface area contributed by atoms with Gasteiger partial charge in [0.05, 0.1) is 0 Å². The quantitative estimate of drug-likeness (QED) is 0.0262. The number of esters is 3. The minimum atomic E-state index is -0.801. The molecule has 0 aromatic heterocycles. The highest BCUT2D eigenvalue weighted by Gasteiger charge is 2.19. The van der Waals surface area contributed by atoms with Gasteiger partial charge in [-0.1, -0.05) is 189 Å². The highest BCUT2D eigenvalue weighted by Crippen LogP contribution is 2.13. The van der Waals surface area contributed by atoms with Gasteiger partial charge in [0.2, 0.25) is 0 Å². The molecular weight excluding hydrogens is 781 g/mol. The second kappa shape index (κ2) is 51.2. The van der Waals surface area contributed by atoms with E-state index in [4.69, 9.17) is 14.2 Å². The van der Waals surface area contributed by atoms with Gasteiger partial charge in [-0.25, -0.2) is 0 Å². The smallest absolute Gasteiger partial charge is 0.306 e. The SMILES string of the molecule is CC/C=C\C/C=C\C/C=C\C/C=C\CCCCC(=O)OC[C@H](COC(=O)CCCCCCCCC/C=C\C/C=C\CCCCC)OC(=O)CCCCCCC/C=C\CCCCCC. The molecule has 0 rings (SSSR count). The minimum Gasteiger partial charge on any atom is -0.462 e. The molecule has 0 N–H and O–H groups in total. The summed E-state index contributed by atoms with van der Waals surface area (Å²) in [6, 6.07) is 0. The predicted octanol–water partition coefficient (Wildman–Crippen LogP) is 17.2. The third-order valence-electron chi connectivity index (χ3n) is 10.9. The molecule has 360 valence electrons. The van der Waals surface area contributed by atoms with Crippen molar-refractivity contribution in [2.75, 3.05) is 13.2 Å². The van der Waals surface area contributed by atoms with Crippen LogP contribution in [0.3, 0.4) is 0 Å². The van der Waals surface area contributed by atoms with E-state index in [-0.39, 0.29) is 31.1 Å². The lowest BCUT2D eigenvalue weighted by Gasteiger charge is -2.18. The predicted molar refractivity (Wildman–Crippen MR) is 270 cm³/mol. The van der Waals surface area contributed by atoms with E-state index in [1.54, 1.807) is 0 Å².